The van der Waals surface area contributed by atoms with E-state index in [9.17, 15) is 13.2 Å². The average molecular weight is 369 g/mol. The molecule has 2 atom stereocenters. The van der Waals surface area contributed by atoms with E-state index >= 15 is 0 Å². The second kappa shape index (κ2) is 7.28. The average Bonchev–Trinajstić information content (AvgIpc) is 2.64. The lowest BCUT2D eigenvalue weighted by atomic mass is 9.99. The van der Waals surface area contributed by atoms with Crippen molar-refractivity contribution < 1.29 is 22.7 Å². The molecule has 0 unspecified atom stereocenters. The third kappa shape index (κ3) is 3.79. The Morgan fingerprint density at radius 2 is 1.88 bits per heavy atom. The summed E-state index contributed by atoms with van der Waals surface area (Å²) in [5.74, 6) is 0.523. The van der Waals surface area contributed by atoms with Crippen LogP contribution in [-0.2, 0) is 19.7 Å². The molecule has 2 heterocycles. The largest absolute Gasteiger partial charge is 0.497 e. The summed E-state index contributed by atoms with van der Waals surface area (Å²) in [5.41, 5.74) is 0.803. The minimum absolute atomic E-state index is 0.172. The van der Waals surface area contributed by atoms with E-state index in [2.05, 4.69) is 4.72 Å². The van der Waals surface area contributed by atoms with Gasteiger partial charge in [0.1, 0.15) is 11.8 Å². The monoisotopic (exact) mass is 369 g/mol. The van der Waals surface area contributed by atoms with Crippen LogP contribution in [0.4, 0.5) is 0 Å². The zero-order valence-corrected chi connectivity index (χ0v) is 15.2. The van der Waals surface area contributed by atoms with E-state index in [-0.39, 0.29) is 5.91 Å². The summed E-state index contributed by atoms with van der Waals surface area (Å²) in [6.07, 6.45) is 0.373. The topological polar surface area (TPSA) is 88.2 Å². The Bertz CT molecular complexity index is 716. The number of morpholine rings is 1. The van der Waals surface area contributed by atoms with Crippen LogP contribution in [0.15, 0.2) is 24.3 Å². The van der Waals surface area contributed by atoms with Crippen LogP contribution < -0.4 is 9.46 Å². The van der Waals surface area contributed by atoms with Gasteiger partial charge in [-0.05, 0) is 24.1 Å². The molecular formula is C16H23N3O5S. The first kappa shape index (κ1) is 18.1. The summed E-state index contributed by atoms with van der Waals surface area (Å²) in [4.78, 5) is 14.5. The summed E-state index contributed by atoms with van der Waals surface area (Å²) in [6.45, 7) is 1.94. The Morgan fingerprint density at radius 3 is 2.48 bits per heavy atom. The molecule has 0 radical (unpaired) electrons. The number of hydrogen-bond donors (Lipinski definition) is 1. The molecule has 1 aromatic carbocycles. The van der Waals surface area contributed by atoms with E-state index in [1.165, 1.54) is 7.05 Å². The highest BCUT2D eigenvalue weighted by atomic mass is 32.2. The first-order valence-electron chi connectivity index (χ1n) is 8.18. The maximum absolute atomic E-state index is 12.8. The molecule has 0 saturated carbocycles. The third-order valence-corrected chi connectivity index (χ3v) is 6.29. The van der Waals surface area contributed by atoms with Crippen LogP contribution in [0.3, 0.4) is 0 Å². The van der Waals surface area contributed by atoms with Gasteiger partial charge in [0.2, 0.25) is 5.91 Å². The van der Waals surface area contributed by atoms with Crippen molar-refractivity contribution >= 4 is 16.1 Å². The van der Waals surface area contributed by atoms with Gasteiger partial charge in [0.15, 0.2) is 0 Å². The molecule has 8 nitrogen and oxygen atoms in total. The minimum Gasteiger partial charge on any atom is -0.497 e. The number of nitrogens with one attached hydrogen (secondary N) is 1. The SMILES string of the molecule is COc1ccc([C@@H]2C[C@H](C(=O)N3CCOCC3)N(C)S(=O)(=O)N2)cc1. The Hall–Kier alpha value is -1.68. The van der Waals surface area contributed by atoms with Crippen molar-refractivity contribution in [1.29, 1.82) is 0 Å². The van der Waals surface area contributed by atoms with E-state index in [1.54, 1.807) is 24.1 Å². The van der Waals surface area contributed by atoms with Gasteiger partial charge in [0.05, 0.1) is 20.3 Å². The van der Waals surface area contributed by atoms with Crippen LogP contribution >= 0.6 is 0 Å². The fourth-order valence-corrected chi connectivity index (χ4v) is 4.41. The number of hydrogen-bond acceptors (Lipinski definition) is 5. The first-order valence-corrected chi connectivity index (χ1v) is 9.62. The molecule has 2 fully saturated rings. The van der Waals surface area contributed by atoms with Crippen LogP contribution in [0.25, 0.3) is 0 Å². The number of rotatable bonds is 3. The van der Waals surface area contributed by atoms with Crippen LogP contribution in [0.2, 0.25) is 0 Å². The van der Waals surface area contributed by atoms with Gasteiger partial charge < -0.3 is 14.4 Å². The maximum Gasteiger partial charge on any atom is 0.280 e. The molecule has 0 bridgehead atoms. The number of benzene rings is 1. The van der Waals surface area contributed by atoms with Crippen molar-refractivity contribution in [3.8, 4) is 5.75 Å². The molecule has 25 heavy (non-hydrogen) atoms. The molecule has 2 aliphatic rings. The van der Waals surface area contributed by atoms with Crippen molar-refractivity contribution in [1.82, 2.24) is 13.9 Å². The van der Waals surface area contributed by atoms with Crippen molar-refractivity contribution in [3.63, 3.8) is 0 Å². The molecule has 1 N–H and O–H groups in total. The second-order valence-electron chi connectivity index (χ2n) is 6.15. The predicted octanol–water partition coefficient (Wildman–Crippen LogP) is 0.134. The standard InChI is InChI=1S/C16H23N3O5S/c1-18-15(16(20)19-7-9-24-10-8-19)11-14(17-25(18,21)22)12-3-5-13(23-2)6-4-12/h3-6,14-15,17H,7-11H2,1-2H3/t14-,15+/m0/s1. The predicted molar refractivity (Wildman–Crippen MR) is 91.4 cm³/mol. The van der Waals surface area contributed by atoms with E-state index < -0.39 is 22.3 Å². The third-order valence-electron chi connectivity index (χ3n) is 4.69. The molecule has 1 aromatic rings. The van der Waals surface area contributed by atoms with Crippen LogP contribution in [0.1, 0.15) is 18.0 Å². The summed E-state index contributed by atoms with van der Waals surface area (Å²) in [7, 11) is -0.720. The molecule has 2 saturated heterocycles. The summed E-state index contributed by atoms with van der Waals surface area (Å²) in [6, 6.07) is 6.00. The molecule has 0 spiro atoms. The number of carbonyl (C=O) groups excluding carboxylic acids is 1. The van der Waals surface area contributed by atoms with Crippen LogP contribution in [0, 0.1) is 0 Å². The smallest absolute Gasteiger partial charge is 0.280 e. The summed E-state index contributed by atoms with van der Waals surface area (Å²) in [5, 5.41) is 0. The highest BCUT2D eigenvalue weighted by Crippen LogP contribution is 2.29. The van der Waals surface area contributed by atoms with Crippen molar-refractivity contribution in [2.75, 3.05) is 40.5 Å². The highest BCUT2D eigenvalue weighted by molar-refractivity contribution is 7.87. The van der Waals surface area contributed by atoms with Crippen molar-refractivity contribution in [2.24, 2.45) is 0 Å². The Kier molecular flexibility index (Phi) is 5.28. The van der Waals surface area contributed by atoms with Gasteiger partial charge in [-0.3, -0.25) is 4.79 Å². The normalized spacial score (nSPS) is 27.0. The zero-order chi connectivity index (χ0) is 18.0. The van der Waals surface area contributed by atoms with Gasteiger partial charge in [-0.15, -0.1) is 0 Å². The minimum atomic E-state index is -3.73. The van der Waals surface area contributed by atoms with Crippen molar-refractivity contribution in [3.05, 3.63) is 29.8 Å². The summed E-state index contributed by atoms with van der Waals surface area (Å²) >= 11 is 0. The number of likely N-dealkylation sites (N-methyl/N-ethyl adjacent to an activating group) is 1. The lowest BCUT2D eigenvalue weighted by molar-refractivity contribution is -0.139. The second-order valence-corrected chi connectivity index (χ2v) is 7.92. The quantitative estimate of drug-likeness (QED) is 0.818. The fourth-order valence-electron chi connectivity index (χ4n) is 3.14. The molecule has 2 aliphatic heterocycles. The van der Waals surface area contributed by atoms with Gasteiger partial charge >= 0.3 is 0 Å². The van der Waals surface area contributed by atoms with Gasteiger partial charge in [-0.2, -0.15) is 17.4 Å². The highest BCUT2D eigenvalue weighted by Gasteiger charge is 2.42. The molecule has 138 valence electrons. The van der Waals surface area contributed by atoms with Gasteiger partial charge in [0.25, 0.3) is 10.2 Å². The van der Waals surface area contributed by atoms with E-state index in [1.807, 2.05) is 12.1 Å². The van der Waals surface area contributed by atoms with Gasteiger partial charge in [-0.1, -0.05) is 12.1 Å². The van der Waals surface area contributed by atoms with Crippen LogP contribution in [0.5, 0.6) is 5.75 Å². The fraction of sp³-hybridized carbons (Fsp3) is 0.562. The Morgan fingerprint density at radius 1 is 1.24 bits per heavy atom. The Labute approximate surface area is 147 Å². The molecule has 9 heteroatoms. The lowest BCUT2D eigenvalue weighted by Gasteiger charge is -2.39. The number of amides is 1. The number of carbonyl (C=O) groups is 1. The Balaban J connectivity index is 1.83. The van der Waals surface area contributed by atoms with E-state index in [0.29, 0.717) is 38.5 Å². The zero-order valence-electron chi connectivity index (χ0n) is 14.3. The molecule has 1 amide bonds. The van der Waals surface area contributed by atoms with Gasteiger partial charge in [0, 0.05) is 26.2 Å². The van der Waals surface area contributed by atoms with Crippen molar-refractivity contribution in [2.45, 2.75) is 18.5 Å². The molecule has 0 aliphatic carbocycles. The molecular weight excluding hydrogens is 346 g/mol. The number of ether oxygens (including phenoxy) is 2. The molecule has 0 aromatic heterocycles. The molecule has 3 rings (SSSR count). The maximum atomic E-state index is 12.8. The summed E-state index contributed by atoms with van der Waals surface area (Å²) < 4.78 is 39.1. The van der Waals surface area contributed by atoms with Gasteiger partial charge in [-0.25, -0.2) is 0 Å². The van der Waals surface area contributed by atoms with Crippen LogP contribution in [-0.4, -0.2) is 70.0 Å². The van der Waals surface area contributed by atoms with E-state index in [0.717, 1.165) is 9.87 Å². The number of methoxy groups -OCH3 is 1. The van der Waals surface area contributed by atoms with E-state index in [4.69, 9.17) is 9.47 Å². The lowest BCUT2D eigenvalue weighted by Crippen LogP contribution is -2.58. The first-order chi connectivity index (χ1) is 11.9. The number of nitrogens with zero attached hydrogens (tertiary/aromatic N) is 2.